The van der Waals surface area contributed by atoms with Gasteiger partial charge < -0.3 is 9.47 Å². The Morgan fingerprint density at radius 2 is 1.62 bits per heavy atom. The van der Waals surface area contributed by atoms with Crippen LogP contribution in [0.15, 0.2) is 77.6 Å². The summed E-state index contributed by atoms with van der Waals surface area (Å²) in [5.74, 6) is 2.24. The quantitative estimate of drug-likeness (QED) is 0.411. The molecular formula is C25H22N4O3. The van der Waals surface area contributed by atoms with Gasteiger partial charge in [-0.3, -0.25) is 13.8 Å². The first-order valence-corrected chi connectivity index (χ1v) is 10.3. The second-order valence-electron chi connectivity index (χ2n) is 7.41. The monoisotopic (exact) mass is 426 g/mol. The number of ether oxygens (including phenoxy) is 2. The molecule has 7 heteroatoms. The van der Waals surface area contributed by atoms with Crippen molar-refractivity contribution in [1.29, 1.82) is 0 Å². The number of fused-ring (bicyclic) bond motifs is 3. The van der Waals surface area contributed by atoms with Crippen molar-refractivity contribution in [2.75, 3.05) is 14.2 Å². The number of aromatic nitrogens is 4. The summed E-state index contributed by atoms with van der Waals surface area (Å²) in [6.07, 6.45) is 0.708. The van der Waals surface area contributed by atoms with Crippen LogP contribution < -0.4 is 15.0 Å². The van der Waals surface area contributed by atoms with Crippen LogP contribution >= 0.6 is 0 Å². The largest absolute Gasteiger partial charge is 0.493 e. The van der Waals surface area contributed by atoms with Crippen molar-refractivity contribution in [3.8, 4) is 22.9 Å². The van der Waals surface area contributed by atoms with E-state index < -0.39 is 0 Å². The Morgan fingerprint density at radius 1 is 0.844 bits per heavy atom. The first-order valence-electron chi connectivity index (χ1n) is 10.3. The fourth-order valence-electron chi connectivity index (χ4n) is 4.08. The Bertz CT molecular complexity index is 1470. The van der Waals surface area contributed by atoms with Crippen LogP contribution in [0.1, 0.15) is 5.56 Å². The highest BCUT2D eigenvalue weighted by molar-refractivity contribution is 5.83. The summed E-state index contributed by atoms with van der Waals surface area (Å²) in [6, 6.07) is 23.2. The van der Waals surface area contributed by atoms with Crippen molar-refractivity contribution < 1.29 is 9.47 Å². The number of para-hydroxylation sites is 2. The lowest BCUT2D eigenvalue weighted by Gasteiger charge is -2.14. The molecule has 5 aromatic rings. The first-order chi connectivity index (χ1) is 15.7. The zero-order valence-electron chi connectivity index (χ0n) is 17.9. The van der Waals surface area contributed by atoms with Gasteiger partial charge in [0.15, 0.2) is 17.3 Å². The van der Waals surface area contributed by atoms with Crippen LogP contribution in [-0.4, -0.2) is 33.4 Å². The lowest BCUT2D eigenvalue weighted by atomic mass is 10.1. The molecule has 0 saturated carbocycles. The topological polar surface area (TPSA) is 70.7 Å². The van der Waals surface area contributed by atoms with E-state index in [0.717, 1.165) is 16.6 Å². The smallest absolute Gasteiger partial charge is 0.262 e. The molecule has 0 bridgehead atoms. The molecule has 0 aliphatic rings. The maximum atomic E-state index is 13.4. The standard InChI is InChI=1S/C25H22N4O3/c1-31-21-14-8-12-19(22(21)32-2)23-26-27-25-28(16-15-17-9-4-3-5-10-17)24(30)18-11-6-7-13-20(18)29(23)25/h3-14H,15-16H2,1-2H3. The van der Waals surface area contributed by atoms with Gasteiger partial charge in [0.1, 0.15) is 0 Å². The molecule has 3 aromatic carbocycles. The zero-order chi connectivity index (χ0) is 22.1. The van der Waals surface area contributed by atoms with Gasteiger partial charge in [0, 0.05) is 6.54 Å². The van der Waals surface area contributed by atoms with Crippen LogP contribution in [0.4, 0.5) is 0 Å². The normalized spacial score (nSPS) is 11.2. The van der Waals surface area contributed by atoms with Gasteiger partial charge in [0.25, 0.3) is 5.56 Å². The Labute approximate surface area is 184 Å². The number of benzene rings is 3. The molecule has 2 aromatic heterocycles. The molecule has 32 heavy (non-hydrogen) atoms. The molecule has 0 radical (unpaired) electrons. The van der Waals surface area contributed by atoms with Crippen LogP contribution in [0, 0.1) is 0 Å². The Balaban J connectivity index is 1.76. The van der Waals surface area contributed by atoms with Gasteiger partial charge in [0.2, 0.25) is 5.78 Å². The van der Waals surface area contributed by atoms with E-state index in [-0.39, 0.29) is 5.56 Å². The molecule has 5 rings (SSSR count). The van der Waals surface area contributed by atoms with E-state index in [1.165, 1.54) is 0 Å². The van der Waals surface area contributed by atoms with E-state index in [1.807, 2.05) is 65.1 Å². The number of rotatable bonds is 6. The maximum Gasteiger partial charge on any atom is 0.262 e. The summed E-state index contributed by atoms with van der Waals surface area (Å²) in [6.45, 7) is 0.491. The third-order valence-electron chi connectivity index (χ3n) is 5.62. The molecule has 0 saturated heterocycles. The van der Waals surface area contributed by atoms with E-state index >= 15 is 0 Å². The third-order valence-corrected chi connectivity index (χ3v) is 5.62. The number of hydrogen-bond donors (Lipinski definition) is 0. The van der Waals surface area contributed by atoms with E-state index in [1.54, 1.807) is 18.8 Å². The third kappa shape index (κ3) is 3.19. The molecule has 0 N–H and O–H groups in total. The van der Waals surface area contributed by atoms with Gasteiger partial charge in [-0.1, -0.05) is 48.5 Å². The molecular weight excluding hydrogens is 404 g/mol. The Hall–Kier alpha value is -4.13. The molecule has 2 heterocycles. The Kier molecular flexibility index (Phi) is 5.07. The zero-order valence-corrected chi connectivity index (χ0v) is 17.9. The second kappa shape index (κ2) is 8.19. The highest BCUT2D eigenvalue weighted by Gasteiger charge is 2.21. The minimum Gasteiger partial charge on any atom is -0.493 e. The van der Waals surface area contributed by atoms with E-state index in [4.69, 9.17) is 9.47 Å². The van der Waals surface area contributed by atoms with Gasteiger partial charge in [-0.15, -0.1) is 10.2 Å². The lowest BCUT2D eigenvalue weighted by molar-refractivity contribution is 0.356. The number of methoxy groups -OCH3 is 2. The van der Waals surface area contributed by atoms with Crippen LogP contribution in [0.25, 0.3) is 28.1 Å². The van der Waals surface area contributed by atoms with Crippen LogP contribution in [0.3, 0.4) is 0 Å². The number of aryl methyl sites for hydroxylation is 2. The van der Waals surface area contributed by atoms with Crippen molar-refractivity contribution in [2.45, 2.75) is 13.0 Å². The average Bonchev–Trinajstić information content (AvgIpc) is 3.29. The second-order valence-corrected chi connectivity index (χ2v) is 7.41. The predicted molar refractivity (Wildman–Crippen MR) is 123 cm³/mol. The van der Waals surface area contributed by atoms with Gasteiger partial charge >= 0.3 is 0 Å². The molecule has 7 nitrogen and oxygen atoms in total. The van der Waals surface area contributed by atoms with Gasteiger partial charge in [-0.25, -0.2) is 0 Å². The van der Waals surface area contributed by atoms with E-state index in [9.17, 15) is 4.79 Å². The molecule has 0 unspecified atom stereocenters. The van der Waals surface area contributed by atoms with Crippen molar-refractivity contribution in [3.05, 3.63) is 88.7 Å². The molecule has 0 aliphatic heterocycles. The van der Waals surface area contributed by atoms with Crippen molar-refractivity contribution >= 4 is 16.7 Å². The highest BCUT2D eigenvalue weighted by atomic mass is 16.5. The van der Waals surface area contributed by atoms with Crippen LogP contribution in [0.5, 0.6) is 11.5 Å². The highest BCUT2D eigenvalue weighted by Crippen LogP contribution is 2.37. The summed E-state index contributed by atoms with van der Waals surface area (Å²) in [5, 5.41) is 9.51. The summed E-state index contributed by atoms with van der Waals surface area (Å²) < 4.78 is 14.7. The molecule has 0 amide bonds. The molecule has 0 fully saturated rings. The van der Waals surface area contributed by atoms with Crippen molar-refractivity contribution in [3.63, 3.8) is 0 Å². The molecule has 0 atom stereocenters. The maximum absolute atomic E-state index is 13.4. The minimum atomic E-state index is -0.0828. The fourth-order valence-corrected chi connectivity index (χ4v) is 4.08. The minimum absolute atomic E-state index is 0.0828. The van der Waals surface area contributed by atoms with Crippen molar-refractivity contribution in [2.24, 2.45) is 0 Å². The lowest BCUT2D eigenvalue weighted by Crippen LogP contribution is -2.24. The molecule has 0 aliphatic carbocycles. The summed E-state index contributed by atoms with van der Waals surface area (Å²) in [7, 11) is 3.19. The average molecular weight is 426 g/mol. The van der Waals surface area contributed by atoms with Crippen molar-refractivity contribution in [1.82, 2.24) is 19.2 Å². The van der Waals surface area contributed by atoms with E-state index in [0.29, 0.717) is 41.5 Å². The fraction of sp³-hybridized carbons (Fsp3) is 0.160. The van der Waals surface area contributed by atoms with Crippen LogP contribution in [0.2, 0.25) is 0 Å². The van der Waals surface area contributed by atoms with E-state index in [2.05, 4.69) is 22.3 Å². The SMILES string of the molecule is COc1cccc(-c2nnc3n(CCc4ccccc4)c(=O)c4ccccc4n23)c1OC. The predicted octanol–water partition coefficient (Wildman–Crippen LogP) is 3.97. The summed E-state index contributed by atoms with van der Waals surface area (Å²) in [4.78, 5) is 13.4. The summed E-state index contributed by atoms with van der Waals surface area (Å²) in [5.41, 5.74) is 2.55. The molecule has 160 valence electrons. The number of nitrogens with zero attached hydrogens (tertiary/aromatic N) is 4. The number of hydrogen-bond acceptors (Lipinski definition) is 5. The van der Waals surface area contributed by atoms with Gasteiger partial charge in [-0.05, 0) is 36.2 Å². The van der Waals surface area contributed by atoms with Gasteiger partial charge in [0.05, 0.1) is 30.7 Å². The molecule has 0 spiro atoms. The van der Waals surface area contributed by atoms with Crippen LogP contribution in [-0.2, 0) is 13.0 Å². The van der Waals surface area contributed by atoms with Gasteiger partial charge in [-0.2, -0.15) is 0 Å². The summed E-state index contributed by atoms with van der Waals surface area (Å²) >= 11 is 0. The Morgan fingerprint density at radius 3 is 2.41 bits per heavy atom. The first kappa shape index (κ1) is 19.8.